The van der Waals surface area contributed by atoms with Gasteiger partial charge in [-0.25, -0.2) is 0 Å². The van der Waals surface area contributed by atoms with E-state index >= 15 is 0 Å². The van der Waals surface area contributed by atoms with Gasteiger partial charge in [0.2, 0.25) is 0 Å². The largest absolute Gasteiger partial charge is 1.00 e. The number of halogens is 3. The molecule has 1 saturated heterocycles. The first kappa shape index (κ1) is 14.9. The Hall–Kier alpha value is 0.941. The Morgan fingerprint density at radius 1 is 1.43 bits per heavy atom. The third-order valence-electron chi connectivity index (χ3n) is 2.26. The van der Waals surface area contributed by atoms with Crippen LogP contribution in [0, 0.1) is 11.3 Å². The van der Waals surface area contributed by atoms with Crippen LogP contribution >= 0.6 is 0 Å². The van der Waals surface area contributed by atoms with Crippen molar-refractivity contribution in [3.63, 3.8) is 0 Å². The second-order valence-electron chi connectivity index (χ2n) is 3.32. The zero-order valence-corrected chi connectivity index (χ0v) is 11.3. The normalized spacial score (nSPS) is 22.9. The van der Waals surface area contributed by atoms with E-state index in [4.69, 9.17) is 5.26 Å². The molecule has 0 aromatic rings. The van der Waals surface area contributed by atoms with Crippen molar-refractivity contribution in [1.82, 2.24) is 4.90 Å². The molecule has 1 atom stereocenters. The summed E-state index contributed by atoms with van der Waals surface area (Å²) >= 11 is 0. The topological polar surface area (TPSA) is 27.0 Å². The Kier molecular flexibility index (Phi) is 6.95. The van der Waals surface area contributed by atoms with Crippen LogP contribution in [0.15, 0.2) is 0 Å². The number of nitrogens with zero attached hydrogens (tertiary/aromatic N) is 2. The van der Waals surface area contributed by atoms with Crippen molar-refractivity contribution in [1.29, 1.82) is 5.26 Å². The maximum Gasteiger partial charge on any atom is 1.00 e. The predicted octanol–water partition coefficient (Wildman–Crippen LogP) is -1.17. The van der Waals surface area contributed by atoms with Gasteiger partial charge in [-0.05, 0) is 25.9 Å². The molecule has 1 heterocycles. The first-order chi connectivity index (χ1) is 6.03. The van der Waals surface area contributed by atoms with Crippen LogP contribution in [0.3, 0.4) is 0 Å². The Labute approximate surface area is 124 Å². The van der Waals surface area contributed by atoms with Crippen LogP contribution < -0.4 is 51.4 Å². The van der Waals surface area contributed by atoms with Gasteiger partial charge in [0.15, 0.2) is 0 Å². The summed E-state index contributed by atoms with van der Waals surface area (Å²) in [5.74, 6) is 0. The number of nitriles is 1. The summed E-state index contributed by atoms with van der Waals surface area (Å²) in [7, 11) is 0. The van der Waals surface area contributed by atoms with E-state index in [0.717, 1.165) is 6.42 Å². The first-order valence-corrected chi connectivity index (χ1v) is 4.37. The number of hydrogen-bond acceptors (Lipinski definition) is 2. The number of likely N-dealkylation sites (tertiary alicyclic amines) is 1. The van der Waals surface area contributed by atoms with Crippen molar-refractivity contribution in [3.05, 3.63) is 0 Å². The number of hydrogen-bond donors (Lipinski definition) is 0. The second kappa shape index (κ2) is 6.51. The van der Waals surface area contributed by atoms with Crippen LogP contribution in [-0.4, -0.2) is 31.0 Å². The summed E-state index contributed by atoms with van der Waals surface area (Å²) in [4.78, 5) is 1.62. The molecule has 0 aromatic carbocycles. The summed E-state index contributed by atoms with van der Waals surface area (Å²) in [5, 5.41) is 8.60. The van der Waals surface area contributed by atoms with Gasteiger partial charge in [0.25, 0.3) is 0 Å². The van der Waals surface area contributed by atoms with Gasteiger partial charge < -0.3 is 12.9 Å². The van der Waals surface area contributed by atoms with Crippen LogP contribution in [-0.2, 0) is 0 Å². The van der Waals surface area contributed by atoms with Crippen molar-refractivity contribution in [2.45, 2.75) is 25.2 Å². The molecule has 14 heavy (non-hydrogen) atoms. The summed E-state index contributed by atoms with van der Waals surface area (Å²) < 4.78 is 35.7. The fourth-order valence-electron chi connectivity index (χ4n) is 1.55. The molecule has 1 aliphatic heterocycles. The quantitative estimate of drug-likeness (QED) is 0.571. The molecule has 0 amide bonds. The van der Waals surface area contributed by atoms with E-state index < -0.39 is 13.3 Å². The maximum atomic E-state index is 11.9. The van der Waals surface area contributed by atoms with E-state index in [1.165, 1.54) is 0 Å². The minimum absolute atomic E-state index is 0. The molecule has 0 aromatic heterocycles. The summed E-state index contributed by atoms with van der Waals surface area (Å²) in [6.45, 7) is -4.08. The molecule has 0 saturated carbocycles. The van der Waals surface area contributed by atoms with E-state index in [1.54, 1.807) is 4.90 Å². The molecule has 1 aliphatic rings. The van der Waals surface area contributed by atoms with Crippen molar-refractivity contribution < 1.29 is 64.3 Å². The fraction of sp³-hybridized carbons (Fsp3) is 0.857. The van der Waals surface area contributed by atoms with Crippen LogP contribution in [0.5, 0.6) is 0 Å². The van der Waals surface area contributed by atoms with Gasteiger partial charge in [-0.15, -0.1) is 0 Å². The van der Waals surface area contributed by atoms with Gasteiger partial charge in [-0.3, -0.25) is 4.90 Å². The van der Waals surface area contributed by atoms with Gasteiger partial charge in [-0.2, -0.15) is 5.26 Å². The van der Waals surface area contributed by atoms with Crippen molar-refractivity contribution in [2.75, 3.05) is 13.1 Å². The van der Waals surface area contributed by atoms with Gasteiger partial charge in [0.1, 0.15) is 0 Å². The molecule has 0 bridgehead atoms. The SMILES string of the molecule is N#CC1CCCN1CC[B-](F)(F)F.[K+]. The molecule has 0 spiro atoms. The summed E-state index contributed by atoms with van der Waals surface area (Å²) in [6.07, 6.45) is 0.794. The molecule has 1 rings (SSSR count). The second-order valence-corrected chi connectivity index (χ2v) is 3.32. The smallest absolute Gasteiger partial charge is 0.449 e. The maximum absolute atomic E-state index is 11.9. The van der Waals surface area contributed by atoms with Crippen molar-refractivity contribution in [2.24, 2.45) is 0 Å². The minimum atomic E-state index is -4.70. The molecule has 2 nitrogen and oxygen atoms in total. The molecule has 1 fully saturated rings. The molecular weight excluding hydrogens is 219 g/mol. The average Bonchev–Trinajstić information content (AvgIpc) is 2.46. The van der Waals surface area contributed by atoms with Gasteiger partial charge >= 0.3 is 58.4 Å². The molecular formula is C7H11BF3KN2. The minimum Gasteiger partial charge on any atom is -0.449 e. The zero-order chi connectivity index (χ0) is 9.90. The third-order valence-corrected chi connectivity index (χ3v) is 2.26. The van der Waals surface area contributed by atoms with Crippen LogP contribution in [0.25, 0.3) is 0 Å². The predicted molar refractivity (Wildman–Crippen MR) is 44.1 cm³/mol. The Balaban J connectivity index is 0.00000169. The Morgan fingerprint density at radius 3 is 2.57 bits per heavy atom. The first-order valence-electron chi connectivity index (χ1n) is 4.37. The summed E-state index contributed by atoms with van der Waals surface area (Å²) in [5.41, 5.74) is 0. The molecule has 0 radical (unpaired) electrons. The molecule has 74 valence electrons. The van der Waals surface area contributed by atoms with E-state index in [0.29, 0.717) is 13.0 Å². The zero-order valence-electron chi connectivity index (χ0n) is 8.22. The van der Waals surface area contributed by atoms with Crippen LogP contribution in [0.1, 0.15) is 12.8 Å². The van der Waals surface area contributed by atoms with Crippen molar-refractivity contribution in [3.8, 4) is 6.07 Å². The molecule has 0 aliphatic carbocycles. The van der Waals surface area contributed by atoms with E-state index in [2.05, 4.69) is 0 Å². The molecule has 1 unspecified atom stereocenters. The third kappa shape index (κ3) is 5.14. The molecule has 7 heteroatoms. The standard InChI is InChI=1S/C7H11BF3N2.K/c9-8(10,11)3-5-13-4-1-2-7(13)6-12;/h7H,1-5H2;/q-1;+1. The van der Waals surface area contributed by atoms with Gasteiger partial charge in [0.05, 0.1) is 12.1 Å². The Bertz CT molecular complexity index is 216. The van der Waals surface area contributed by atoms with E-state index in [1.807, 2.05) is 6.07 Å². The average molecular weight is 230 g/mol. The number of rotatable bonds is 3. The van der Waals surface area contributed by atoms with Crippen molar-refractivity contribution >= 4 is 6.98 Å². The molecule has 0 N–H and O–H groups in total. The van der Waals surface area contributed by atoms with E-state index in [-0.39, 0.29) is 64.0 Å². The van der Waals surface area contributed by atoms with Gasteiger partial charge in [-0.1, -0.05) is 6.32 Å². The van der Waals surface area contributed by atoms with E-state index in [9.17, 15) is 12.9 Å². The van der Waals surface area contributed by atoms with Crippen LogP contribution in [0.4, 0.5) is 12.9 Å². The summed E-state index contributed by atoms with van der Waals surface area (Å²) in [6, 6.07) is 1.72. The monoisotopic (exact) mass is 230 g/mol. The fourth-order valence-corrected chi connectivity index (χ4v) is 1.55. The van der Waals surface area contributed by atoms with Gasteiger partial charge in [0, 0.05) is 0 Å². The van der Waals surface area contributed by atoms with Crippen LogP contribution in [0.2, 0.25) is 6.32 Å². The Morgan fingerprint density at radius 2 is 2.07 bits per heavy atom.